The van der Waals surface area contributed by atoms with E-state index in [-0.39, 0.29) is 0 Å². The Bertz CT molecular complexity index is 1540. The minimum absolute atomic E-state index is 0.629. The Morgan fingerprint density at radius 1 is 0.486 bits per heavy atom. The summed E-state index contributed by atoms with van der Waals surface area (Å²) in [5, 5.41) is 0. The standard InChI is InChI=1S/C34H25N3/c1-5-13-25(14-6-1)29-21-22-30(35-31(23-29)26-15-7-2-8-16-26)34-36-32(27-17-9-3-10-18-27)24-33(37-34)28-19-11-4-12-20-28/h1-21,23-24H,22H2. The number of hydrogen-bond acceptors (Lipinski definition) is 3. The molecule has 6 rings (SSSR count). The molecule has 3 nitrogen and oxygen atoms in total. The maximum Gasteiger partial charge on any atom is 0.175 e. The zero-order chi connectivity index (χ0) is 24.9. The van der Waals surface area contributed by atoms with Crippen molar-refractivity contribution in [3.8, 4) is 22.5 Å². The third-order valence-electron chi connectivity index (χ3n) is 6.36. The highest BCUT2D eigenvalue weighted by Crippen LogP contribution is 2.29. The Morgan fingerprint density at radius 3 is 1.46 bits per heavy atom. The molecule has 176 valence electrons. The molecule has 0 unspecified atom stereocenters. The predicted molar refractivity (Wildman–Crippen MR) is 153 cm³/mol. The Labute approximate surface area is 217 Å². The zero-order valence-electron chi connectivity index (χ0n) is 20.3. The third kappa shape index (κ3) is 5.07. The molecular formula is C34H25N3. The van der Waals surface area contributed by atoms with Crippen molar-refractivity contribution in [2.45, 2.75) is 6.42 Å². The Hall–Kier alpha value is -4.89. The molecular weight excluding hydrogens is 450 g/mol. The van der Waals surface area contributed by atoms with Crippen LogP contribution in [0.25, 0.3) is 33.8 Å². The molecule has 37 heavy (non-hydrogen) atoms. The van der Waals surface area contributed by atoms with Gasteiger partial charge in [0.05, 0.1) is 22.8 Å². The summed E-state index contributed by atoms with van der Waals surface area (Å²) < 4.78 is 0. The second-order valence-corrected chi connectivity index (χ2v) is 8.88. The van der Waals surface area contributed by atoms with E-state index in [2.05, 4.69) is 78.9 Å². The molecule has 0 aliphatic carbocycles. The van der Waals surface area contributed by atoms with Crippen LogP contribution in [0.2, 0.25) is 0 Å². The van der Waals surface area contributed by atoms with Gasteiger partial charge in [-0.05, 0) is 23.3 Å². The van der Waals surface area contributed by atoms with E-state index >= 15 is 0 Å². The van der Waals surface area contributed by atoms with Crippen LogP contribution in [0.15, 0.2) is 145 Å². The van der Waals surface area contributed by atoms with Gasteiger partial charge in [-0.1, -0.05) is 127 Å². The first-order valence-electron chi connectivity index (χ1n) is 12.4. The molecule has 1 aliphatic heterocycles. The van der Waals surface area contributed by atoms with Crippen molar-refractivity contribution >= 4 is 17.0 Å². The summed E-state index contributed by atoms with van der Waals surface area (Å²) in [5.41, 5.74) is 8.98. The molecule has 0 radical (unpaired) electrons. The molecule has 0 saturated heterocycles. The van der Waals surface area contributed by atoms with Gasteiger partial charge >= 0.3 is 0 Å². The van der Waals surface area contributed by atoms with Crippen LogP contribution >= 0.6 is 0 Å². The molecule has 0 amide bonds. The summed E-state index contributed by atoms with van der Waals surface area (Å²) in [6, 6.07) is 43.3. The van der Waals surface area contributed by atoms with Crippen LogP contribution in [0.4, 0.5) is 0 Å². The van der Waals surface area contributed by atoms with Gasteiger partial charge in [-0.15, -0.1) is 0 Å². The maximum absolute atomic E-state index is 5.16. The van der Waals surface area contributed by atoms with E-state index in [1.54, 1.807) is 0 Å². The number of rotatable bonds is 5. The molecule has 4 aromatic carbocycles. The lowest BCUT2D eigenvalue weighted by molar-refractivity contribution is 1.12. The quantitative estimate of drug-likeness (QED) is 0.257. The zero-order valence-corrected chi connectivity index (χ0v) is 20.3. The summed E-state index contributed by atoms with van der Waals surface area (Å²) in [4.78, 5) is 15.2. The Morgan fingerprint density at radius 2 is 0.946 bits per heavy atom. The van der Waals surface area contributed by atoms with Gasteiger partial charge in [0.1, 0.15) is 0 Å². The van der Waals surface area contributed by atoms with Crippen molar-refractivity contribution < 1.29 is 0 Å². The molecule has 0 fully saturated rings. The van der Waals surface area contributed by atoms with E-state index in [1.165, 1.54) is 0 Å². The fraction of sp³-hybridized carbons (Fsp3) is 0.0294. The van der Waals surface area contributed by atoms with Crippen molar-refractivity contribution in [3.63, 3.8) is 0 Å². The van der Waals surface area contributed by atoms with Gasteiger partial charge in [0.25, 0.3) is 0 Å². The van der Waals surface area contributed by atoms with Crippen molar-refractivity contribution in [2.24, 2.45) is 4.99 Å². The summed E-state index contributed by atoms with van der Waals surface area (Å²) in [6.07, 6.45) is 5.02. The molecule has 0 atom stereocenters. The highest BCUT2D eigenvalue weighted by Gasteiger charge is 2.17. The predicted octanol–water partition coefficient (Wildman–Crippen LogP) is 8.13. The van der Waals surface area contributed by atoms with Gasteiger partial charge in [0, 0.05) is 23.1 Å². The van der Waals surface area contributed by atoms with E-state index in [1.807, 2.05) is 60.7 Å². The van der Waals surface area contributed by atoms with E-state index in [4.69, 9.17) is 15.0 Å². The van der Waals surface area contributed by atoms with Crippen LogP contribution in [0, 0.1) is 0 Å². The van der Waals surface area contributed by atoms with Crippen LogP contribution in [0.3, 0.4) is 0 Å². The molecule has 1 aromatic heterocycles. The lowest BCUT2D eigenvalue weighted by atomic mass is 10.0. The lowest BCUT2D eigenvalue weighted by Gasteiger charge is -2.10. The molecule has 2 heterocycles. The van der Waals surface area contributed by atoms with E-state index in [0.717, 1.165) is 50.6 Å². The van der Waals surface area contributed by atoms with E-state index in [0.29, 0.717) is 12.2 Å². The van der Waals surface area contributed by atoms with Crippen molar-refractivity contribution in [3.05, 3.63) is 156 Å². The largest absolute Gasteiger partial charge is 0.249 e. The van der Waals surface area contributed by atoms with Gasteiger partial charge in [-0.3, -0.25) is 0 Å². The van der Waals surface area contributed by atoms with Gasteiger partial charge < -0.3 is 0 Å². The summed E-state index contributed by atoms with van der Waals surface area (Å²) in [6.45, 7) is 0. The lowest BCUT2D eigenvalue weighted by Crippen LogP contribution is -2.08. The Kier molecular flexibility index (Phi) is 6.33. The first-order chi connectivity index (χ1) is 18.3. The number of hydrogen-bond donors (Lipinski definition) is 0. The molecule has 3 heteroatoms. The molecule has 5 aromatic rings. The minimum atomic E-state index is 0.629. The molecule has 1 aliphatic rings. The molecule has 0 saturated carbocycles. The number of benzene rings is 4. The van der Waals surface area contributed by atoms with Gasteiger partial charge in [0.15, 0.2) is 5.82 Å². The van der Waals surface area contributed by atoms with Crippen molar-refractivity contribution in [1.29, 1.82) is 0 Å². The fourth-order valence-corrected chi connectivity index (χ4v) is 4.46. The second-order valence-electron chi connectivity index (χ2n) is 8.88. The number of aliphatic imine (C=N–C) groups is 1. The van der Waals surface area contributed by atoms with Crippen molar-refractivity contribution in [2.75, 3.05) is 0 Å². The van der Waals surface area contributed by atoms with Gasteiger partial charge in [-0.2, -0.15) is 0 Å². The summed E-state index contributed by atoms with van der Waals surface area (Å²) >= 11 is 0. The first kappa shape index (κ1) is 22.6. The van der Waals surface area contributed by atoms with Crippen LogP contribution in [-0.2, 0) is 0 Å². The average Bonchev–Trinajstić information content (AvgIpc) is 3.23. The maximum atomic E-state index is 5.16. The number of allylic oxidation sites excluding steroid dienone is 3. The summed E-state index contributed by atoms with van der Waals surface area (Å²) in [5.74, 6) is 0.646. The van der Waals surface area contributed by atoms with Gasteiger partial charge in [0.2, 0.25) is 0 Å². The molecule has 0 N–H and O–H groups in total. The third-order valence-corrected chi connectivity index (χ3v) is 6.36. The van der Waals surface area contributed by atoms with Gasteiger partial charge in [-0.25, -0.2) is 15.0 Å². The van der Waals surface area contributed by atoms with Crippen molar-refractivity contribution in [1.82, 2.24) is 9.97 Å². The number of aromatic nitrogens is 2. The van der Waals surface area contributed by atoms with Crippen LogP contribution < -0.4 is 0 Å². The minimum Gasteiger partial charge on any atom is -0.249 e. The highest BCUT2D eigenvalue weighted by molar-refractivity contribution is 6.05. The van der Waals surface area contributed by atoms with Crippen LogP contribution in [0.5, 0.6) is 0 Å². The van der Waals surface area contributed by atoms with E-state index < -0.39 is 0 Å². The number of nitrogens with zero attached hydrogens (tertiary/aromatic N) is 3. The average molecular weight is 476 g/mol. The smallest absolute Gasteiger partial charge is 0.175 e. The molecule has 0 bridgehead atoms. The van der Waals surface area contributed by atoms with Crippen LogP contribution in [-0.4, -0.2) is 15.7 Å². The Balaban J connectivity index is 1.51. The fourth-order valence-electron chi connectivity index (χ4n) is 4.46. The SMILES string of the molecule is C1=C(c2ccccc2)C=C(c2ccccc2)N=C(c2nc(-c3ccccc3)cc(-c3ccccc3)n2)C1. The first-order valence-corrected chi connectivity index (χ1v) is 12.4. The summed E-state index contributed by atoms with van der Waals surface area (Å²) in [7, 11) is 0. The normalized spacial score (nSPS) is 13.2. The topological polar surface area (TPSA) is 38.1 Å². The van der Waals surface area contributed by atoms with E-state index in [9.17, 15) is 0 Å². The monoisotopic (exact) mass is 475 g/mol. The second kappa shape index (κ2) is 10.4. The molecule has 0 spiro atoms. The van der Waals surface area contributed by atoms with Crippen LogP contribution in [0.1, 0.15) is 23.4 Å². The highest BCUT2D eigenvalue weighted by atomic mass is 14.9.